The van der Waals surface area contributed by atoms with Crippen LogP contribution in [0.2, 0.25) is 0 Å². The van der Waals surface area contributed by atoms with Crippen LogP contribution in [-0.4, -0.2) is 18.5 Å². The van der Waals surface area contributed by atoms with E-state index in [1.807, 2.05) is 0 Å². The van der Waals surface area contributed by atoms with Crippen LogP contribution in [0.15, 0.2) is 0 Å². The zero-order chi connectivity index (χ0) is 8.48. The summed E-state index contributed by atoms with van der Waals surface area (Å²) >= 11 is 0. The quantitative estimate of drug-likeness (QED) is 0.609. The van der Waals surface area contributed by atoms with Crippen molar-refractivity contribution in [1.82, 2.24) is 0 Å². The third-order valence-corrected chi connectivity index (χ3v) is 2.75. The summed E-state index contributed by atoms with van der Waals surface area (Å²) < 4.78 is 5.32. The van der Waals surface area contributed by atoms with Crippen LogP contribution >= 0.6 is 0 Å². The van der Waals surface area contributed by atoms with Crippen LogP contribution in [0.1, 0.15) is 33.1 Å². The molecule has 2 heteroatoms. The highest BCUT2D eigenvalue weighted by Crippen LogP contribution is 2.33. The molecule has 64 valence electrons. The van der Waals surface area contributed by atoms with Crippen molar-refractivity contribution in [3.63, 3.8) is 0 Å². The fourth-order valence-corrected chi connectivity index (χ4v) is 1.57. The fourth-order valence-electron chi connectivity index (χ4n) is 1.57. The van der Waals surface area contributed by atoms with Crippen LogP contribution in [0.4, 0.5) is 0 Å². The lowest BCUT2D eigenvalue weighted by molar-refractivity contribution is -0.118. The van der Waals surface area contributed by atoms with Crippen molar-refractivity contribution < 1.29 is 9.53 Å². The molecule has 0 aromatic heterocycles. The van der Waals surface area contributed by atoms with Crippen molar-refractivity contribution in [2.45, 2.75) is 38.7 Å². The van der Waals surface area contributed by atoms with Gasteiger partial charge in [0.2, 0.25) is 0 Å². The van der Waals surface area contributed by atoms with Gasteiger partial charge in [0.1, 0.15) is 5.78 Å². The molecule has 2 nitrogen and oxygen atoms in total. The van der Waals surface area contributed by atoms with Crippen LogP contribution in [0.3, 0.4) is 0 Å². The Bertz CT molecular complexity index is 161. The average Bonchev–Trinajstić information content (AvgIpc) is 2.36. The largest absolute Gasteiger partial charge is 0.379 e. The third-order valence-electron chi connectivity index (χ3n) is 2.75. The molecule has 0 saturated heterocycles. The Morgan fingerprint density at radius 3 is 2.55 bits per heavy atom. The lowest BCUT2D eigenvalue weighted by Gasteiger charge is -2.29. The van der Waals surface area contributed by atoms with E-state index in [1.165, 1.54) is 0 Å². The molecule has 0 aliphatic heterocycles. The number of carbonyl (C=O) groups excluding carboxylic acids is 1. The highest BCUT2D eigenvalue weighted by Gasteiger charge is 2.34. The van der Waals surface area contributed by atoms with Gasteiger partial charge in [0.05, 0.1) is 5.60 Å². The lowest BCUT2D eigenvalue weighted by Crippen LogP contribution is -2.31. The topological polar surface area (TPSA) is 26.3 Å². The van der Waals surface area contributed by atoms with Crippen LogP contribution in [0, 0.1) is 5.92 Å². The molecule has 0 N–H and O–H groups in total. The number of methoxy groups -OCH3 is 1. The van der Waals surface area contributed by atoms with Gasteiger partial charge in [-0.15, -0.1) is 0 Å². The average molecular weight is 156 g/mol. The highest BCUT2D eigenvalue weighted by molar-refractivity contribution is 5.80. The molecular formula is C9H16O2. The summed E-state index contributed by atoms with van der Waals surface area (Å²) in [5.41, 5.74) is -0.119. The highest BCUT2D eigenvalue weighted by atomic mass is 16.5. The molecule has 1 atom stereocenters. The van der Waals surface area contributed by atoms with Gasteiger partial charge in [0, 0.05) is 20.0 Å². The Hall–Kier alpha value is -0.370. The lowest BCUT2D eigenvalue weighted by atomic mass is 9.89. The van der Waals surface area contributed by atoms with Gasteiger partial charge in [-0.05, 0) is 26.2 Å². The maximum Gasteiger partial charge on any atom is 0.133 e. The predicted molar refractivity (Wildman–Crippen MR) is 43.4 cm³/mol. The molecule has 0 spiro atoms. The van der Waals surface area contributed by atoms with Gasteiger partial charge < -0.3 is 4.74 Å². The van der Waals surface area contributed by atoms with Crippen molar-refractivity contribution in [3.8, 4) is 0 Å². The molecule has 1 rings (SSSR count). The third kappa shape index (κ3) is 1.80. The Labute approximate surface area is 67.9 Å². The summed E-state index contributed by atoms with van der Waals surface area (Å²) in [4.78, 5) is 11.0. The Kier molecular flexibility index (Phi) is 2.33. The number of ether oxygens (including phenoxy) is 1. The molecule has 0 amide bonds. The first-order valence-corrected chi connectivity index (χ1v) is 4.13. The predicted octanol–water partition coefficient (Wildman–Crippen LogP) is 1.78. The van der Waals surface area contributed by atoms with Gasteiger partial charge in [-0.3, -0.25) is 4.79 Å². The first-order valence-electron chi connectivity index (χ1n) is 4.13. The van der Waals surface area contributed by atoms with E-state index in [4.69, 9.17) is 4.74 Å². The SMILES string of the molecule is COC(C)(C)[C@H]1CCC(=O)C1. The summed E-state index contributed by atoms with van der Waals surface area (Å²) in [5.74, 6) is 0.820. The minimum atomic E-state index is -0.119. The summed E-state index contributed by atoms with van der Waals surface area (Å²) in [6.07, 6.45) is 2.46. The fraction of sp³-hybridized carbons (Fsp3) is 0.889. The Morgan fingerprint density at radius 1 is 1.55 bits per heavy atom. The molecule has 11 heavy (non-hydrogen) atoms. The summed E-state index contributed by atoms with van der Waals surface area (Å²) in [7, 11) is 1.71. The number of carbonyl (C=O) groups is 1. The van der Waals surface area contributed by atoms with Crippen molar-refractivity contribution >= 4 is 5.78 Å². The number of Topliss-reactive ketones (excluding diaryl/α,β-unsaturated/α-hetero) is 1. The zero-order valence-electron chi connectivity index (χ0n) is 7.52. The molecule has 0 aromatic rings. The van der Waals surface area contributed by atoms with Gasteiger partial charge >= 0.3 is 0 Å². The maximum atomic E-state index is 11.0. The molecular weight excluding hydrogens is 140 g/mol. The van der Waals surface area contributed by atoms with Crippen molar-refractivity contribution in [3.05, 3.63) is 0 Å². The number of rotatable bonds is 2. The summed E-state index contributed by atoms with van der Waals surface area (Å²) in [6, 6.07) is 0. The number of hydrogen-bond donors (Lipinski definition) is 0. The zero-order valence-corrected chi connectivity index (χ0v) is 7.52. The molecule has 1 aliphatic rings. The molecule has 1 fully saturated rings. The van der Waals surface area contributed by atoms with E-state index in [1.54, 1.807) is 7.11 Å². The van der Waals surface area contributed by atoms with Gasteiger partial charge in [-0.1, -0.05) is 0 Å². The molecule has 0 heterocycles. The van der Waals surface area contributed by atoms with Crippen LogP contribution in [0.25, 0.3) is 0 Å². The minimum Gasteiger partial charge on any atom is -0.379 e. The summed E-state index contributed by atoms with van der Waals surface area (Å²) in [5, 5.41) is 0. The van der Waals surface area contributed by atoms with Crippen LogP contribution < -0.4 is 0 Å². The van der Waals surface area contributed by atoms with Crippen LogP contribution in [-0.2, 0) is 9.53 Å². The first-order chi connectivity index (χ1) is 5.06. The second-order valence-corrected chi connectivity index (χ2v) is 3.79. The first kappa shape index (κ1) is 8.72. The Balaban J connectivity index is 2.55. The smallest absolute Gasteiger partial charge is 0.133 e. The molecule has 0 radical (unpaired) electrons. The van der Waals surface area contributed by atoms with Gasteiger partial charge in [-0.25, -0.2) is 0 Å². The standard InChI is InChI=1S/C9H16O2/c1-9(2,11-3)7-4-5-8(10)6-7/h7H,4-6H2,1-3H3/t7-/m0/s1. The van der Waals surface area contributed by atoms with E-state index in [0.29, 0.717) is 18.1 Å². The van der Waals surface area contributed by atoms with Crippen LogP contribution in [0.5, 0.6) is 0 Å². The van der Waals surface area contributed by atoms with Gasteiger partial charge in [-0.2, -0.15) is 0 Å². The van der Waals surface area contributed by atoms with Crippen molar-refractivity contribution in [2.24, 2.45) is 5.92 Å². The van der Waals surface area contributed by atoms with E-state index >= 15 is 0 Å². The van der Waals surface area contributed by atoms with Crippen molar-refractivity contribution in [2.75, 3.05) is 7.11 Å². The van der Waals surface area contributed by atoms with E-state index in [2.05, 4.69) is 13.8 Å². The molecule has 1 saturated carbocycles. The molecule has 0 bridgehead atoms. The Morgan fingerprint density at radius 2 is 2.18 bits per heavy atom. The maximum absolute atomic E-state index is 11.0. The van der Waals surface area contributed by atoms with E-state index in [0.717, 1.165) is 12.8 Å². The summed E-state index contributed by atoms with van der Waals surface area (Å²) in [6.45, 7) is 4.10. The molecule has 0 aromatic carbocycles. The normalized spacial score (nSPS) is 26.1. The van der Waals surface area contributed by atoms with Gasteiger partial charge in [0.25, 0.3) is 0 Å². The second kappa shape index (κ2) is 2.94. The van der Waals surface area contributed by atoms with Crippen molar-refractivity contribution in [1.29, 1.82) is 0 Å². The molecule has 1 aliphatic carbocycles. The van der Waals surface area contributed by atoms with E-state index in [9.17, 15) is 4.79 Å². The number of ketones is 1. The van der Waals surface area contributed by atoms with Gasteiger partial charge in [0.15, 0.2) is 0 Å². The number of hydrogen-bond acceptors (Lipinski definition) is 2. The minimum absolute atomic E-state index is 0.119. The monoisotopic (exact) mass is 156 g/mol. The van der Waals surface area contributed by atoms with E-state index < -0.39 is 0 Å². The molecule has 0 unspecified atom stereocenters. The van der Waals surface area contributed by atoms with E-state index in [-0.39, 0.29) is 5.60 Å². The second-order valence-electron chi connectivity index (χ2n) is 3.79.